The van der Waals surface area contributed by atoms with Crippen LogP contribution in [0.4, 0.5) is 11.4 Å². The molecule has 0 bridgehead atoms. The Labute approximate surface area is 289 Å². The third kappa shape index (κ3) is 8.97. The van der Waals surface area contributed by atoms with E-state index in [1.807, 2.05) is 103 Å². The zero-order chi connectivity index (χ0) is 33.8. The Kier molecular flexibility index (Phi) is 10.7. The van der Waals surface area contributed by atoms with E-state index in [-0.39, 0.29) is 11.6 Å². The van der Waals surface area contributed by atoms with Gasteiger partial charge in [0.2, 0.25) is 5.91 Å². The molecule has 0 radical (unpaired) electrons. The van der Waals surface area contributed by atoms with Gasteiger partial charge in [0.25, 0.3) is 11.8 Å². The maximum Gasteiger partial charge on any atom is 0.272 e. The highest BCUT2D eigenvalue weighted by atomic mass is 32.2. The number of nitrogens with one attached hydrogen (secondary N) is 3. The Balaban J connectivity index is 1.19. The first kappa shape index (κ1) is 32.7. The van der Waals surface area contributed by atoms with Crippen molar-refractivity contribution in [3.8, 4) is 11.1 Å². The van der Waals surface area contributed by atoms with E-state index in [1.54, 1.807) is 67.0 Å². The van der Waals surface area contributed by atoms with Gasteiger partial charge in [-0.15, -0.1) is 11.8 Å². The molecule has 0 fully saturated rings. The van der Waals surface area contributed by atoms with Gasteiger partial charge in [-0.3, -0.25) is 19.4 Å². The molecule has 1 aromatic heterocycles. The number of anilines is 2. The number of aromatic nitrogens is 1. The van der Waals surface area contributed by atoms with E-state index in [2.05, 4.69) is 20.9 Å². The summed E-state index contributed by atoms with van der Waals surface area (Å²) in [6.45, 7) is 0. The fraction of sp³-hybridized carbons (Fsp3) is 0.0244. The molecule has 49 heavy (non-hydrogen) atoms. The number of carbonyl (C=O) groups excluding carboxylic acids is 3. The number of pyridine rings is 1. The lowest BCUT2D eigenvalue weighted by Gasteiger charge is -2.17. The molecule has 1 unspecified atom stereocenters. The standard InChI is InChI=1S/C41H32N4O3S/c46-39(33-14-8-3-9-15-33)45-37(28-29-16-18-31(19-17-29)30-10-4-1-5-11-30)40(47)43-34-20-22-36(23-21-34)49-38(32-12-6-2-7-13-32)41(48)44-35-24-26-42-27-25-35/h1-28,38H,(H,43,47)(H,45,46)(H,42,44,48)/b37-28-. The fourth-order valence-corrected chi connectivity index (χ4v) is 6.03. The Morgan fingerprint density at radius 2 is 1.16 bits per heavy atom. The number of thioether (sulfide) groups is 1. The van der Waals surface area contributed by atoms with Gasteiger partial charge < -0.3 is 16.0 Å². The summed E-state index contributed by atoms with van der Waals surface area (Å²) < 4.78 is 0. The highest BCUT2D eigenvalue weighted by molar-refractivity contribution is 8.00. The van der Waals surface area contributed by atoms with Gasteiger partial charge in [-0.2, -0.15) is 0 Å². The third-order valence-corrected chi connectivity index (χ3v) is 8.78. The van der Waals surface area contributed by atoms with E-state index in [4.69, 9.17) is 0 Å². The van der Waals surface area contributed by atoms with Gasteiger partial charge in [-0.05, 0) is 76.9 Å². The van der Waals surface area contributed by atoms with Crippen LogP contribution in [0.1, 0.15) is 26.7 Å². The molecular weight excluding hydrogens is 629 g/mol. The molecule has 5 aromatic carbocycles. The second-order valence-electron chi connectivity index (χ2n) is 11.0. The van der Waals surface area contributed by atoms with Crippen LogP contribution in [-0.4, -0.2) is 22.7 Å². The average molecular weight is 661 g/mol. The van der Waals surface area contributed by atoms with Gasteiger partial charge >= 0.3 is 0 Å². The predicted molar refractivity (Wildman–Crippen MR) is 197 cm³/mol. The van der Waals surface area contributed by atoms with Crippen LogP contribution in [0.5, 0.6) is 0 Å². The van der Waals surface area contributed by atoms with Crippen LogP contribution in [0, 0.1) is 0 Å². The van der Waals surface area contributed by atoms with Crippen LogP contribution in [0.15, 0.2) is 175 Å². The molecule has 1 heterocycles. The van der Waals surface area contributed by atoms with Crippen molar-refractivity contribution < 1.29 is 14.4 Å². The molecule has 3 amide bonds. The maximum atomic E-state index is 13.6. The van der Waals surface area contributed by atoms with Gasteiger partial charge in [0.1, 0.15) is 10.9 Å². The summed E-state index contributed by atoms with van der Waals surface area (Å²) in [6.07, 6.45) is 4.91. The summed E-state index contributed by atoms with van der Waals surface area (Å²) in [5, 5.41) is 8.15. The van der Waals surface area contributed by atoms with Gasteiger partial charge in [0.05, 0.1) is 0 Å². The van der Waals surface area contributed by atoms with Crippen molar-refractivity contribution in [1.29, 1.82) is 0 Å². The van der Waals surface area contributed by atoms with Gasteiger partial charge in [-0.1, -0.05) is 103 Å². The molecule has 6 aromatic rings. The van der Waals surface area contributed by atoms with Crippen LogP contribution in [0.2, 0.25) is 0 Å². The van der Waals surface area contributed by atoms with Gasteiger partial charge in [0.15, 0.2) is 0 Å². The molecule has 1 atom stereocenters. The number of nitrogens with zero attached hydrogens (tertiary/aromatic N) is 1. The summed E-state index contributed by atoms with van der Waals surface area (Å²) in [5.41, 5.74) is 5.46. The Morgan fingerprint density at radius 1 is 0.592 bits per heavy atom. The Hall–Kier alpha value is -6.25. The number of amides is 3. The van der Waals surface area contributed by atoms with Crippen molar-refractivity contribution in [2.45, 2.75) is 10.1 Å². The summed E-state index contributed by atoms with van der Waals surface area (Å²) in [4.78, 5) is 45.0. The minimum absolute atomic E-state index is 0.0942. The Morgan fingerprint density at radius 3 is 1.82 bits per heavy atom. The molecule has 0 aliphatic carbocycles. The monoisotopic (exact) mass is 660 g/mol. The van der Waals surface area contributed by atoms with E-state index in [0.29, 0.717) is 16.9 Å². The van der Waals surface area contributed by atoms with Crippen LogP contribution >= 0.6 is 11.8 Å². The van der Waals surface area contributed by atoms with Crippen LogP contribution in [0.3, 0.4) is 0 Å². The molecule has 240 valence electrons. The van der Waals surface area contributed by atoms with Crippen LogP contribution in [0.25, 0.3) is 17.2 Å². The second-order valence-corrected chi connectivity index (χ2v) is 12.2. The first-order valence-electron chi connectivity index (χ1n) is 15.6. The zero-order valence-corrected chi connectivity index (χ0v) is 27.1. The maximum absolute atomic E-state index is 13.6. The van der Waals surface area contributed by atoms with Crippen molar-refractivity contribution in [2.24, 2.45) is 0 Å². The first-order chi connectivity index (χ1) is 24.0. The third-order valence-electron chi connectivity index (χ3n) is 7.51. The molecule has 0 saturated heterocycles. The van der Waals surface area contributed by atoms with E-state index >= 15 is 0 Å². The minimum Gasteiger partial charge on any atom is -0.325 e. The van der Waals surface area contributed by atoms with Crippen molar-refractivity contribution in [2.75, 3.05) is 10.6 Å². The molecule has 0 aliphatic heterocycles. The first-order valence-corrected chi connectivity index (χ1v) is 16.5. The smallest absolute Gasteiger partial charge is 0.272 e. The van der Waals surface area contributed by atoms with Crippen molar-refractivity contribution in [3.05, 3.63) is 186 Å². The fourth-order valence-electron chi connectivity index (χ4n) is 5.01. The number of hydrogen-bond acceptors (Lipinski definition) is 5. The summed E-state index contributed by atoms with van der Waals surface area (Å²) in [5.74, 6) is -1.04. The number of hydrogen-bond donors (Lipinski definition) is 3. The summed E-state index contributed by atoms with van der Waals surface area (Å²) >= 11 is 1.40. The summed E-state index contributed by atoms with van der Waals surface area (Å²) in [7, 11) is 0. The lowest BCUT2D eigenvalue weighted by Crippen LogP contribution is -2.30. The lowest BCUT2D eigenvalue weighted by molar-refractivity contribution is -0.116. The number of rotatable bonds is 11. The zero-order valence-electron chi connectivity index (χ0n) is 26.3. The molecule has 7 nitrogen and oxygen atoms in total. The normalized spacial score (nSPS) is 11.6. The van der Waals surface area contributed by atoms with Gasteiger partial charge in [0, 0.05) is 34.2 Å². The minimum atomic E-state index is -0.522. The quantitative estimate of drug-likeness (QED) is 0.0955. The van der Waals surface area contributed by atoms with Crippen LogP contribution < -0.4 is 16.0 Å². The van der Waals surface area contributed by atoms with Crippen molar-refractivity contribution in [3.63, 3.8) is 0 Å². The molecule has 0 saturated carbocycles. The average Bonchev–Trinajstić information content (AvgIpc) is 3.16. The second kappa shape index (κ2) is 16.0. The molecule has 0 aliphatic rings. The van der Waals surface area contributed by atoms with E-state index in [1.165, 1.54) is 11.8 Å². The highest BCUT2D eigenvalue weighted by Crippen LogP contribution is 2.36. The molecule has 3 N–H and O–H groups in total. The Bertz CT molecular complexity index is 2040. The predicted octanol–water partition coefficient (Wildman–Crippen LogP) is 8.63. The van der Waals surface area contributed by atoms with E-state index < -0.39 is 17.1 Å². The van der Waals surface area contributed by atoms with E-state index in [9.17, 15) is 14.4 Å². The summed E-state index contributed by atoms with van der Waals surface area (Å²) in [6, 6.07) is 46.8. The molecule has 6 rings (SSSR count). The molecular formula is C41H32N4O3S. The van der Waals surface area contributed by atoms with Crippen LogP contribution in [-0.2, 0) is 9.59 Å². The largest absolute Gasteiger partial charge is 0.325 e. The van der Waals surface area contributed by atoms with Crippen molar-refractivity contribution >= 4 is 46.9 Å². The molecule has 0 spiro atoms. The molecule has 8 heteroatoms. The topological polar surface area (TPSA) is 100 Å². The number of benzene rings is 5. The lowest BCUT2D eigenvalue weighted by atomic mass is 10.0. The van der Waals surface area contributed by atoms with Crippen molar-refractivity contribution in [1.82, 2.24) is 10.3 Å². The highest BCUT2D eigenvalue weighted by Gasteiger charge is 2.22. The van der Waals surface area contributed by atoms with E-state index in [0.717, 1.165) is 27.1 Å². The number of carbonyl (C=O) groups is 3. The van der Waals surface area contributed by atoms with Gasteiger partial charge in [-0.25, -0.2) is 0 Å². The SMILES string of the molecule is O=C(Nc1ccc(SC(C(=O)Nc2ccncc2)c2ccccc2)cc1)/C(=C/c1ccc(-c2ccccc2)cc1)NC(=O)c1ccccc1.